The number of hydrogen-bond donors (Lipinski definition) is 0. The number of benzene rings is 8. The lowest BCUT2D eigenvalue weighted by Gasteiger charge is -2.11. The molecule has 8 heteroatoms. The first kappa shape index (κ1) is 37.3. The fourth-order valence-electron chi connectivity index (χ4n) is 7.77. The molecule has 11 aromatic rings. The van der Waals surface area contributed by atoms with Gasteiger partial charge in [0.1, 0.15) is 11.2 Å². The molecule has 8 aromatic carbocycles. The largest absolute Gasteiger partial charge is 0.456 e. The third-order valence-corrected chi connectivity index (χ3v) is 11.0. The van der Waals surface area contributed by atoms with E-state index in [1.54, 1.807) is 0 Å². The van der Waals surface area contributed by atoms with Gasteiger partial charge in [0.25, 0.3) is 0 Å². The van der Waals surface area contributed by atoms with Crippen LogP contribution in [0, 0.1) is 0 Å². The normalized spacial score (nSPS) is 11.2. The molecule has 0 radical (unpaired) electrons. The molecule has 63 heavy (non-hydrogen) atoms. The van der Waals surface area contributed by atoms with Crippen LogP contribution in [0.3, 0.4) is 0 Å². The van der Waals surface area contributed by atoms with Crippen molar-refractivity contribution in [3.05, 3.63) is 216 Å². The quantitative estimate of drug-likeness (QED) is 0.140. The topological polar surface area (TPSA) is 108 Å². The summed E-state index contributed by atoms with van der Waals surface area (Å²) in [6.45, 7) is 0. The van der Waals surface area contributed by atoms with E-state index in [-0.39, 0.29) is 5.43 Å². The van der Waals surface area contributed by atoms with Crippen LogP contribution >= 0.6 is 0 Å². The Bertz CT molecular complexity index is 3180. The molecule has 0 saturated carbocycles. The van der Waals surface area contributed by atoms with Gasteiger partial charge in [-0.25, -0.2) is 29.9 Å². The Hall–Kier alpha value is -8.75. The van der Waals surface area contributed by atoms with Gasteiger partial charge in [-0.05, 0) is 58.7 Å². The van der Waals surface area contributed by atoms with E-state index in [0.29, 0.717) is 56.9 Å². The maximum Gasteiger partial charge on any atom is 0.200 e. The van der Waals surface area contributed by atoms with Crippen LogP contribution in [-0.2, 0) is 0 Å². The molecule has 0 saturated heterocycles. The summed E-state index contributed by atoms with van der Waals surface area (Å²) in [4.78, 5) is 43.8. The first-order valence-electron chi connectivity index (χ1n) is 20.6. The standard InChI is InChI=1S/C55H34N6O2/c62-49-45-33-41(39-23-13-25-43(31-39)54-58-50(35-15-5-1-6-16-35)56-51(59-54)36-17-7-2-8-18-36)27-29-47(45)63-48-30-28-42(34-46(48)49)40-24-14-26-44(32-40)55-60-52(37-19-9-3-10-20-37)57-53(61-55)38-21-11-4-12-22-38/h1-34H. The Morgan fingerprint density at radius 1 is 0.254 bits per heavy atom. The first-order chi connectivity index (χ1) is 31.1. The van der Waals surface area contributed by atoms with Crippen LogP contribution in [0.5, 0.6) is 0 Å². The monoisotopic (exact) mass is 810 g/mol. The molecule has 0 atom stereocenters. The minimum Gasteiger partial charge on any atom is -0.456 e. The molecule has 0 aliphatic carbocycles. The van der Waals surface area contributed by atoms with E-state index in [1.165, 1.54) is 0 Å². The second-order valence-electron chi connectivity index (χ2n) is 15.1. The number of rotatable bonds is 8. The van der Waals surface area contributed by atoms with Crippen molar-refractivity contribution >= 4 is 21.9 Å². The molecule has 11 rings (SSSR count). The average molecular weight is 811 g/mol. The summed E-state index contributed by atoms with van der Waals surface area (Å²) < 4.78 is 6.36. The van der Waals surface area contributed by atoms with E-state index < -0.39 is 0 Å². The molecule has 8 nitrogen and oxygen atoms in total. The number of hydrogen-bond acceptors (Lipinski definition) is 8. The third kappa shape index (κ3) is 7.42. The average Bonchev–Trinajstić information content (AvgIpc) is 3.37. The number of aromatic nitrogens is 6. The lowest BCUT2D eigenvalue weighted by molar-refractivity contribution is 0.660. The minimum atomic E-state index is -0.114. The Labute approximate surface area is 362 Å². The minimum absolute atomic E-state index is 0.114. The lowest BCUT2D eigenvalue weighted by atomic mass is 9.99. The van der Waals surface area contributed by atoms with Gasteiger partial charge >= 0.3 is 0 Å². The molecule has 0 N–H and O–H groups in total. The summed E-state index contributed by atoms with van der Waals surface area (Å²) in [7, 11) is 0. The molecule has 3 heterocycles. The SMILES string of the molecule is O=c1c2cc(-c3cccc(-c4nc(-c5ccccc5)nc(-c5ccccc5)n4)c3)ccc2oc2ccc(-c3cccc(-c4nc(-c5ccccc5)nc(-c5ccccc5)n4)c3)cc12. The van der Waals surface area contributed by atoms with Crippen molar-refractivity contribution in [1.82, 2.24) is 29.9 Å². The van der Waals surface area contributed by atoms with Gasteiger partial charge < -0.3 is 4.42 Å². The van der Waals surface area contributed by atoms with Gasteiger partial charge in [-0.1, -0.05) is 170 Å². The van der Waals surface area contributed by atoms with Gasteiger partial charge in [0.2, 0.25) is 5.43 Å². The summed E-state index contributed by atoms with van der Waals surface area (Å²) in [5, 5.41) is 0.975. The van der Waals surface area contributed by atoms with Crippen LogP contribution in [0.4, 0.5) is 0 Å². The van der Waals surface area contributed by atoms with Gasteiger partial charge in [-0.2, -0.15) is 0 Å². The van der Waals surface area contributed by atoms with E-state index in [0.717, 1.165) is 55.6 Å². The van der Waals surface area contributed by atoms with Crippen molar-refractivity contribution in [3.8, 4) is 90.6 Å². The van der Waals surface area contributed by atoms with Crippen LogP contribution < -0.4 is 5.43 Å². The Balaban J connectivity index is 0.959. The zero-order valence-corrected chi connectivity index (χ0v) is 33.6. The highest BCUT2D eigenvalue weighted by atomic mass is 16.3. The molecular weight excluding hydrogens is 777 g/mol. The second kappa shape index (κ2) is 16.0. The Morgan fingerprint density at radius 3 is 0.857 bits per heavy atom. The maximum absolute atomic E-state index is 14.4. The van der Waals surface area contributed by atoms with Gasteiger partial charge in [0, 0.05) is 33.4 Å². The highest BCUT2D eigenvalue weighted by Gasteiger charge is 2.16. The zero-order valence-electron chi connectivity index (χ0n) is 33.6. The van der Waals surface area contributed by atoms with Gasteiger partial charge in [-0.3, -0.25) is 4.79 Å². The molecule has 0 aliphatic heterocycles. The summed E-state index contributed by atoms with van der Waals surface area (Å²) >= 11 is 0. The lowest BCUT2D eigenvalue weighted by Crippen LogP contribution is -2.03. The summed E-state index contributed by atoms with van der Waals surface area (Å²) in [5.74, 6) is 3.46. The molecule has 0 amide bonds. The second-order valence-corrected chi connectivity index (χ2v) is 15.1. The summed E-state index contributed by atoms with van der Waals surface area (Å²) in [6.07, 6.45) is 0. The van der Waals surface area contributed by atoms with E-state index in [4.69, 9.17) is 34.3 Å². The predicted octanol–water partition coefficient (Wildman–Crippen LogP) is 12.7. The number of fused-ring (bicyclic) bond motifs is 2. The fourth-order valence-corrected chi connectivity index (χ4v) is 7.77. The van der Waals surface area contributed by atoms with Crippen LogP contribution in [-0.4, -0.2) is 29.9 Å². The summed E-state index contributed by atoms with van der Waals surface area (Å²) in [6, 6.07) is 67.2. The van der Waals surface area contributed by atoms with Crippen molar-refractivity contribution in [1.29, 1.82) is 0 Å². The van der Waals surface area contributed by atoms with Crippen LogP contribution in [0.1, 0.15) is 0 Å². The van der Waals surface area contributed by atoms with Crippen LogP contribution in [0.15, 0.2) is 215 Å². The molecule has 3 aromatic heterocycles. The van der Waals surface area contributed by atoms with Crippen LogP contribution in [0.2, 0.25) is 0 Å². The predicted molar refractivity (Wildman–Crippen MR) is 250 cm³/mol. The van der Waals surface area contributed by atoms with Crippen molar-refractivity contribution in [3.63, 3.8) is 0 Å². The highest BCUT2D eigenvalue weighted by Crippen LogP contribution is 2.33. The Morgan fingerprint density at radius 2 is 0.524 bits per heavy atom. The van der Waals surface area contributed by atoms with Crippen LogP contribution in [0.25, 0.3) is 113 Å². The maximum atomic E-state index is 14.4. The first-order valence-corrected chi connectivity index (χ1v) is 20.6. The molecule has 0 aliphatic rings. The number of nitrogens with zero attached hydrogens (tertiary/aromatic N) is 6. The van der Waals surface area contributed by atoms with Crippen molar-refractivity contribution < 1.29 is 4.42 Å². The zero-order chi connectivity index (χ0) is 42.1. The third-order valence-electron chi connectivity index (χ3n) is 11.0. The molecule has 0 bridgehead atoms. The molecule has 0 spiro atoms. The fraction of sp³-hybridized carbons (Fsp3) is 0. The van der Waals surface area contributed by atoms with Crippen molar-refractivity contribution in [2.24, 2.45) is 0 Å². The Kier molecular flexibility index (Phi) is 9.48. The molecule has 296 valence electrons. The van der Waals surface area contributed by atoms with Crippen molar-refractivity contribution in [2.75, 3.05) is 0 Å². The molecule has 0 unspecified atom stereocenters. The molecule has 0 fully saturated rings. The highest BCUT2D eigenvalue weighted by molar-refractivity contribution is 5.94. The van der Waals surface area contributed by atoms with E-state index >= 15 is 0 Å². The van der Waals surface area contributed by atoms with Gasteiger partial charge in [0.05, 0.1) is 10.8 Å². The van der Waals surface area contributed by atoms with E-state index in [1.807, 2.05) is 206 Å². The van der Waals surface area contributed by atoms with Gasteiger partial charge in [0.15, 0.2) is 34.9 Å². The van der Waals surface area contributed by atoms with Crippen molar-refractivity contribution in [2.45, 2.75) is 0 Å². The summed E-state index contributed by atoms with van der Waals surface area (Å²) in [5.41, 5.74) is 9.70. The smallest absolute Gasteiger partial charge is 0.200 e. The van der Waals surface area contributed by atoms with E-state index in [2.05, 4.69) is 0 Å². The van der Waals surface area contributed by atoms with E-state index in [9.17, 15) is 4.79 Å². The van der Waals surface area contributed by atoms with Gasteiger partial charge in [-0.15, -0.1) is 0 Å². The molecular formula is C55H34N6O2.